The summed E-state index contributed by atoms with van der Waals surface area (Å²) in [7, 11) is 0. The standard InChI is InChI=1S/C21H26N4O4/c1-21(2,3)29-19(26)22-11-16-12-25(20(27)28-16)15-7-8-17-13(9-15)5-4-6-14-10-23-24-18(14)17/h7-10,16H,4-6,11-12H2,1-3H3,(H,22,26)(H,23,24). The molecule has 2 amide bonds. The molecule has 1 aromatic heterocycles. The van der Waals surface area contributed by atoms with Gasteiger partial charge in [0.15, 0.2) is 0 Å². The van der Waals surface area contributed by atoms with Crippen molar-refractivity contribution in [1.29, 1.82) is 0 Å². The summed E-state index contributed by atoms with van der Waals surface area (Å²) in [5, 5.41) is 9.93. The number of hydrogen-bond donors (Lipinski definition) is 2. The van der Waals surface area contributed by atoms with Gasteiger partial charge in [-0.25, -0.2) is 9.59 Å². The van der Waals surface area contributed by atoms with E-state index in [4.69, 9.17) is 9.47 Å². The molecule has 1 atom stereocenters. The molecule has 1 unspecified atom stereocenters. The van der Waals surface area contributed by atoms with Gasteiger partial charge in [-0.15, -0.1) is 0 Å². The summed E-state index contributed by atoms with van der Waals surface area (Å²) >= 11 is 0. The van der Waals surface area contributed by atoms with Gasteiger partial charge in [0, 0.05) is 11.3 Å². The summed E-state index contributed by atoms with van der Waals surface area (Å²) in [5.74, 6) is 0. The molecule has 1 fully saturated rings. The number of benzene rings is 1. The molecule has 8 nitrogen and oxygen atoms in total. The first-order valence-electron chi connectivity index (χ1n) is 9.91. The minimum Gasteiger partial charge on any atom is -0.444 e. The highest BCUT2D eigenvalue weighted by Gasteiger charge is 2.33. The molecule has 8 heteroatoms. The Morgan fingerprint density at radius 1 is 1.34 bits per heavy atom. The van der Waals surface area contributed by atoms with Crippen molar-refractivity contribution in [3.63, 3.8) is 0 Å². The molecule has 29 heavy (non-hydrogen) atoms. The van der Waals surface area contributed by atoms with E-state index < -0.39 is 23.9 Å². The Hall–Kier alpha value is -3.03. The number of ether oxygens (including phenoxy) is 2. The Morgan fingerprint density at radius 3 is 2.93 bits per heavy atom. The van der Waals surface area contributed by atoms with Crippen LogP contribution in [0.25, 0.3) is 11.3 Å². The van der Waals surface area contributed by atoms with Gasteiger partial charge in [-0.3, -0.25) is 10.00 Å². The molecule has 2 aliphatic rings. The summed E-state index contributed by atoms with van der Waals surface area (Å²) in [6, 6.07) is 6.02. The molecule has 0 bridgehead atoms. The number of aryl methyl sites for hydroxylation is 2. The fraction of sp³-hybridized carbons (Fsp3) is 0.476. The molecule has 2 N–H and O–H groups in total. The minimum absolute atomic E-state index is 0.208. The highest BCUT2D eigenvalue weighted by molar-refractivity contribution is 5.90. The van der Waals surface area contributed by atoms with Gasteiger partial charge in [0.25, 0.3) is 0 Å². The monoisotopic (exact) mass is 398 g/mol. The Morgan fingerprint density at radius 2 is 2.14 bits per heavy atom. The number of hydrogen-bond acceptors (Lipinski definition) is 5. The van der Waals surface area contributed by atoms with Crippen molar-refractivity contribution in [3.05, 3.63) is 35.5 Å². The topological polar surface area (TPSA) is 96.5 Å². The quantitative estimate of drug-likeness (QED) is 0.826. The lowest BCUT2D eigenvalue weighted by molar-refractivity contribution is 0.0496. The van der Waals surface area contributed by atoms with Gasteiger partial charge in [0.05, 0.1) is 25.0 Å². The van der Waals surface area contributed by atoms with Crippen LogP contribution < -0.4 is 10.2 Å². The molecular formula is C21H26N4O4. The van der Waals surface area contributed by atoms with Crippen molar-refractivity contribution < 1.29 is 19.1 Å². The Labute approximate surface area is 169 Å². The molecule has 0 spiro atoms. The summed E-state index contributed by atoms with van der Waals surface area (Å²) in [5.41, 5.74) is 4.84. The van der Waals surface area contributed by atoms with Crippen molar-refractivity contribution in [2.24, 2.45) is 0 Å². The second-order valence-corrected chi connectivity index (χ2v) is 8.46. The van der Waals surface area contributed by atoms with E-state index in [0.717, 1.165) is 36.2 Å². The number of nitrogens with one attached hydrogen (secondary N) is 2. The molecule has 154 valence electrons. The predicted octanol–water partition coefficient (Wildman–Crippen LogP) is 3.42. The molecule has 1 aromatic carbocycles. The van der Waals surface area contributed by atoms with E-state index in [1.807, 2.05) is 18.3 Å². The molecule has 0 saturated carbocycles. The summed E-state index contributed by atoms with van der Waals surface area (Å²) in [4.78, 5) is 25.8. The van der Waals surface area contributed by atoms with Crippen molar-refractivity contribution in [2.45, 2.75) is 51.7 Å². The summed E-state index contributed by atoms with van der Waals surface area (Å²) < 4.78 is 10.6. The lowest BCUT2D eigenvalue weighted by atomic mass is 10.0. The van der Waals surface area contributed by atoms with Gasteiger partial charge in [0.2, 0.25) is 0 Å². The maximum Gasteiger partial charge on any atom is 0.414 e. The van der Waals surface area contributed by atoms with Crippen molar-refractivity contribution in [3.8, 4) is 11.3 Å². The molecule has 2 heterocycles. The fourth-order valence-electron chi connectivity index (χ4n) is 3.75. The summed E-state index contributed by atoms with van der Waals surface area (Å²) in [6.07, 6.45) is 3.50. The molecule has 2 aromatic rings. The van der Waals surface area contributed by atoms with E-state index in [1.165, 1.54) is 11.1 Å². The van der Waals surface area contributed by atoms with Crippen LogP contribution in [-0.4, -0.2) is 47.2 Å². The number of fused-ring (bicyclic) bond motifs is 3. The third kappa shape index (κ3) is 4.21. The van der Waals surface area contributed by atoms with Crippen LogP contribution in [0.3, 0.4) is 0 Å². The molecule has 1 aliphatic carbocycles. The highest BCUT2D eigenvalue weighted by Crippen LogP contribution is 2.34. The molecule has 4 rings (SSSR count). The first-order chi connectivity index (χ1) is 13.8. The number of nitrogens with zero attached hydrogens (tertiary/aromatic N) is 2. The van der Waals surface area contributed by atoms with Crippen molar-refractivity contribution in [1.82, 2.24) is 15.5 Å². The van der Waals surface area contributed by atoms with E-state index in [2.05, 4.69) is 21.6 Å². The van der Waals surface area contributed by atoms with Gasteiger partial charge in [0.1, 0.15) is 11.7 Å². The number of carbonyl (C=O) groups is 2. The van der Waals surface area contributed by atoms with Crippen LogP contribution in [0.4, 0.5) is 15.3 Å². The van der Waals surface area contributed by atoms with E-state index in [9.17, 15) is 9.59 Å². The SMILES string of the molecule is CC(C)(C)OC(=O)NCC1CN(c2ccc3c(c2)CCCc2cn[nH]c2-3)C(=O)O1. The van der Waals surface area contributed by atoms with E-state index in [0.29, 0.717) is 6.54 Å². The van der Waals surface area contributed by atoms with Crippen LogP contribution in [-0.2, 0) is 22.3 Å². The van der Waals surface area contributed by atoms with E-state index in [-0.39, 0.29) is 6.54 Å². The highest BCUT2D eigenvalue weighted by atomic mass is 16.6. The van der Waals surface area contributed by atoms with Gasteiger partial charge in [-0.2, -0.15) is 5.10 Å². The van der Waals surface area contributed by atoms with E-state index in [1.54, 1.807) is 25.7 Å². The largest absolute Gasteiger partial charge is 0.444 e. The maximum atomic E-state index is 12.4. The number of aromatic nitrogens is 2. The zero-order valence-electron chi connectivity index (χ0n) is 16.9. The lowest BCUT2D eigenvalue weighted by Gasteiger charge is -2.20. The van der Waals surface area contributed by atoms with Gasteiger partial charge >= 0.3 is 12.2 Å². The molecule has 0 radical (unpaired) electrons. The average Bonchev–Trinajstić information content (AvgIpc) is 3.21. The number of alkyl carbamates (subject to hydrolysis) is 1. The number of H-pyrrole nitrogens is 1. The van der Waals surface area contributed by atoms with Crippen molar-refractivity contribution in [2.75, 3.05) is 18.0 Å². The van der Waals surface area contributed by atoms with E-state index >= 15 is 0 Å². The van der Waals surface area contributed by atoms with Crippen LogP contribution in [0.5, 0.6) is 0 Å². The van der Waals surface area contributed by atoms with Crippen LogP contribution in [0, 0.1) is 0 Å². The molecule has 1 saturated heterocycles. The second kappa shape index (κ2) is 7.42. The first-order valence-corrected chi connectivity index (χ1v) is 9.91. The zero-order chi connectivity index (χ0) is 20.6. The molecular weight excluding hydrogens is 372 g/mol. The van der Waals surface area contributed by atoms with Gasteiger partial charge in [-0.1, -0.05) is 6.07 Å². The Balaban J connectivity index is 1.44. The number of anilines is 1. The number of amides is 2. The number of aromatic amines is 1. The van der Waals surface area contributed by atoms with Crippen LogP contribution in [0.1, 0.15) is 38.3 Å². The number of carbonyl (C=O) groups excluding carboxylic acids is 2. The second-order valence-electron chi connectivity index (χ2n) is 8.46. The Bertz CT molecular complexity index is 931. The lowest BCUT2D eigenvalue weighted by Crippen LogP contribution is -2.38. The van der Waals surface area contributed by atoms with Crippen LogP contribution >= 0.6 is 0 Å². The third-order valence-electron chi connectivity index (χ3n) is 5.03. The normalized spacial score (nSPS) is 18.5. The summed E-state index contributed by atoms with van der Waals surface area (Å²) in [6.45, 7) is 5.99. The Kier molecular flexibility index (Phi) is 4.94. The maximum absolute atomic E-state index is 12.4. The third-order valence-corrected chi connectivity index (χ3v) is 5.03. The smallest absolute Gasteiger partial charge is 0.414 e. The number of rotatable bonds is 3. The first kappa shape index (κ1) is 19.3. The van der Waals surface area contributed by atoms with Crippen LogP contribution in [0.15, 0.2) is 24.4 Å². The van der Waals surface area contributed by atoms with Crippen molar-refractivity contribution >= 4 is 17.9 Å². The minimum atomic E-state index is -0.571. The fourth-order valence-corrected chi connectivity index (χ4v) is 3.75. The van der Waals surface area contributed by atoms with Gasteiger partial charge < -0.3 is 14.8 Å². The molecule has 1 aliphatic heterocycles. The number of cyclic esters (lactones) is 1. The van der Waals surface area contributed by atoms with Crippen LogP contribution in [0.2, 0.25) is 0 Å². The predicted molar refractivity (Wildman–Crippen MR) is 108 cm³/mol. The van der Waals surface area contributed by atoms with Gasteiger partial charge in [-0.05, 0) is 63.3 Å². The zero-order valence-corrected chi connectivity index (χ0v) is 16.9. The average molecular weight is 398 g/mol.